The third-order valence-electron chi connectivity index (χ3n) is 3.59. The van der Waals surface area contributed by atoms with Crippen LogP contribution in [0.3, 0.4) is 0 Å². The van der Waals surface area contributed by atoms with Gasteiger partial charge in [0, 0.05) is 5.41 Å². The molecule has 0 amide bonds. The Kier molecular flexibility index (Phi) is 3.41. The Labute approximate surface area is 106 Å². The van der Waals surface area contributed by atoms with Crippen molar-refractivity contribution in [3.8, 4) is 0 Å². The van der Waals surface area contributed by atoms with Crippen LogP contribution < -0.4 is 0 Å². The molecule has 0 radical (unpaired) electrons. The zero-order chi connectivity index (χ0) is 11.8. The molecule has 1 aromatic heterocycles. The topological polar surface area (TPSA) is 17.1 Å². The Bertz CT molecular complexity index is 383. The second kappa shape index (κ2) is 4.50. The van der Waals surface area contributed by atoms with E-state index in [1.165, 1.54) is 30.6 Å². The SMILES string of the molecule is Cc1cc(C(=O)C2(C)CCCCC2)sc1Cl. The van der Waals surface area contributed by atoms with Crippen molar-refractivity contribution in [3.05, 3.63) is 20.8 Å². The minimum Gasteiger partial charge on any atom is -0.293 e. The summed E-state index contributed by atoms with van der Waals surface area (Å²) in [6.07, 6.45) is 5.69. The highest BCUT2D eigenvalue weighted by Crippen LogP contribution is 2.41. The van der Waals surface area contributed by atoms with Crippen molar-refractivity contribution in [2.24, 2.45) is 5.41 Å². The molecule has 1 aliphatic carbocycles. The molecule has 1 saturated carbocycles. The fraction of sp³-hybridized carbons (Fsp3) is 0.615. The van der Waals surface area contributed by atoms with Crippen LogP contribution in [0.5, 0.6) is 0 Å². The fourth-order valence-corrected chi connectivity index (χ4v) is 3.72. The zero-order valence-electron chi connectivity index (χ0n) is 9.81. The lowest BCUT2D eigenvalue weighted by molar-refractivity contribution is 0.0754. The summed E-state index contributed by atoms with van der Waals surface area (Å²) in [7, 11) is 0. The van der Waals surface area contributed by atoms with Crippen LogP contribution in [0, 0.1) is 12.3 Å². The first-order chi connectivity index (χ1) is 7.53. The van der Waals surface area contributed by atoms with E-state index in [1.54, 1.807) is 0 Å². The Balaban J connectivity index is 2.23. The van der Waals surface area contributed by atoms with E-state index >= 15 is 0 Å². The van der Waals surface area contributed by atoms with Gasteiger partial charge in [0.2, 0.25) is 0 Å². The molecule has 1 fully saturated rings. The predicted octanol–water partition coefficient (Wildman–Crippen LogP) is 4.86. The van der Waals surface area contributed by atoms with Crippen LogP contribution in [-0.4, -0.2) is 5.78 Å². The molecule has 0 saturated heterocycles. The molecule has 1 heterocycles. The standard InChI is InChI=1S/C13H17ClOS/c1-9-8-10(16-12(9)14)11(15)13(2)6-4-3-5-7-13/h8H,3-7H2,1-2H3. The van der Waals surface area contributed by atoms with Gasteiger partial charge in [-0.1, -0.05) is 37.8 Å². The van der Waals surface area contributed by atoms with E-state index < -0.39 is 0 Å². The van der Waals surface area contributed by atoms with E-state index in [1.807, 2.05) is 13.0 Å². The summed E-state index contributed by atoms with van der Waals surface area (Å²) in [6, 6.07) is 1.94. The number of hydrogen-bond donors (Lipinski definition) is 0. The molecule has 0 bridgehead atoms. The van der Waals surface area contributed by atoms with E-state index in [-0.39, 0.29) is 5.41 Å². The van der Waals surface area contributed by atoms with Crippen LogP contribution in [0.1, 0.15) is 54.3 Å². The second-order valence-corrected chi connectivity index (χ2v) is 6.67. The molecule has 0 N–H and O–H groups in total. The Hall–Kier alpha value is -0.340. The van der Waals surface area contributed by atoms with E-state index in [4.69, 9.17) is 11.6 Å². The maximum atomic E-state index is 12.4. The van der Waals surface area contributed by atoms with Crippen molar-refractivity contribution < 1.29 is 4.79 Å². The quantitative estimate of drug-likeness (QED) is 0.691. The monoisotopic (exact) mass is 256 g/mol. The van der Waals surface area contributed by atoms with Gasteiger partial charge in [0.05, 0.1) is 9.21 Å². The van der Waals surface area contributed by atoms with Gasteiger partial charge < -0.3 is 0 Å². The van der Waals surface area contributed by atoms with Gasteiger partial charge in [-0.05, 0) is 31.4 Å². The molecular weight excluding hydrogens is 240 g/mol. The van der Waals surface area contributed by atoms with Crippen molar-refractivity contribution in [3.63, 3.8) is 0 Å². The Morgan fingerprint density at radius 2 is 2.00 bits per heavy atom. The van der Waals surface area contributed by atoms with Gasteiger partial charge in [-0.15, -0.1) is 11.3 Å². The smallest absolute Gasteiger partial charge is 0.178 e. The van der Waals surface area contributed by atoms with E-state index in [0.29, 0.717) is 5.78 Å². The number of halogens is 1. The van der Waals surface area contributed by atoms with Gasteiger partial charge in [0.15, 0.2) is 5.78 Å². The molecule has 0 atom stereocenters. The molecule has 1 nitrogen and oxygen atoms in total. The summed E-state index contributed by atoms with van der Waals surface area (Å²) in [4.78, 5) is 13.3. The minimum absolute atomic E-state index is 0.140. The maximum absolute atomic E-state index is 12.4. The first kappa shape index (κ1) is 12.1. The van der Waals surface area contributed by atoms with Crippen molar-refractivity contribution in [2.75, 3.05) is 0 Å². The van der Waals surface area contributed by atoms with Crippen molar-refractivity contribution in [1.29, 1.82) is 0 Å². The highest BCUT2D eigenvalue weighted by molar-refractivity contribution is 7.18. The average molecular weight is 257 g/mol. The van der Waals surface area contributed by atoms with Crippen LogP contribution in [-0.2, 0) is 0 Å². The van der Waals surface area contributed by atoms with Crippen LogP contribution in [0.15, 0.2) is 6.07 Å². The molecule has 1 aromatic rings. The number of carbonyl (C=O) groups is 1. The lowest BCUT2D eigenvalue weighted by Crippen LogP contribution is -2.29. The Morgan fingerprint density at radius 1 is 1.38 bits per heavy atom. The molecule has 0 spiro atoms. The van der Waals surface area contributed by atoms with Crippen LogP contribution in [0.2, 0.25) is 4.34 Å². The molecule has 3 heteroatoms. The zero-order valence-corrected chi connectivity index (χ0v) is 11.4. The maximum Gasteiger partial charge on any atom is 0.178 e. The highest BCUT2D eigenvalue weighted by atomic mass is 35.5. The van der Waals surface area contributed by atoms with Crippen LogP contribution in [0.25, 0.3) is 0 Å². The number of hydrogen-bond acceptors (Lipinski definition) is 2. The molecule has 0 aliphatic heterocycles. The van der Waals surface area contributed by atoms with Gasteiger partial charge >= 0.3 is 0 Å². The molecule has 2 rings (SSSR count). The normalized spacial score (nSPS) is 19.7. The number of carbonyl (C=O) groups excluding carboxylic acids is 1. The number of thiophene rings is 1. The van der Waals surface area contributed by atoms with Crippen molar-refractivity contribution in [1.82, 2.24) is 0 Å². The lowest BCUT2D eigenvalue weighted by atomic mass is 9.72. The van der Waals surface area contributed by atoms with Gasteiger partial charge in [-0.2, -0.15) is 0 Å². The summed E-state index contributed by atoms with van der Waals surface area (Å²) in [6.45, 7) is 4.07. The summed E-state index contributed by atoms with van der Waals surface area (Å²) >= 11 is 7.45. The van der Waals surface area contributed by atoms with Gasteiger partial charge in [0.1, 0.15) is 0 Å². The molecule has 0 aromatic carbocycles. The molecule has 16 heavy (non-hydrogen) atoms. The average Bonchev–Trinajstić information content (AvgIpc) is 2.59. The van der Waals surface area contributed by atoms with Crippen molar-refractivity contribution >= 4 is 28.7 Å². The third kappa shape index (κ3) is 2.18. The summed E-state index contributed by atoms with van der Waals surface area (Å²) in [5, 5.41) is 0. The molecular formula is C13H17ClOS. The van der Waals surface area contributed by atoms with Crippen LogP contribution in [0.4, 0.5) is 0 Å². The number of Topliss-reactive ketones (excluding diaryl/α,β-unsaturated/α-hetero) is 1. The lowest BCUT2D eigenvalue weighted by Gasteiger charge is -2.31. The van der Waals surface area contributed by atoms with Gasteiger partial charge in [-0.3, -0.25) is 4.79 Å². The van der Waals surface area contributed by atoms with E-state index in [0.717, 1.165) is 27.6 Å². The molecule has 1 aliphatic rings. The molecule has 88 valence electrons. The number of aryl methyl sites for hydroxylation is 1. The first-order valence-corrected chi connectivity index (χ1v) is 7.03. The van der Waals surface area contributed by atoms with Gasteiger partial charge in [-0.25, -0.2) is 0 Å². The van der Waals surface area contributed by atoms with Crippen LogP contribution >= 0.6 is 22.9 Å². The summed E-state index contributed by atoms with van der Waals surface area (Å²) < 4.78 is 0.753. The minimum atomic E-state index is -0.140. The number of rotatable bonds is 2. The van der Waals surface area contributed by atoms with E-state index in [2.05, 4.69) is 6.92 Å². The second-order valence-electron chi connectivity index (χ2n) is 5.02. The fourth-order valence-electron chi connectivity index (χ4n) is 2.43. The highest BCUT2D eigenvalue weighted by Gasteiger charge is 2.35. The summed E-state index contributed by atoms with van der Waals surface area (Å²) in [5.74, 6) is 0.298. The molecule has 0 unspecified atom stereocenters. The summed E-state index contributed by atoms with van der Waals surface area (Å²) in [5.41, 5.74) is 0.883. The first-order valence-electron chi connectivity index (χ1n) is 5.84. The van der Waals surface area contributed by atoms with E-state index in [9.17, 15) is 4.79 Å². The third-order valence-corrected chi connectivity index (χ3v) is 5.14. The predicted molar refractivity (Wildman–Crippen MR) is 69.6 cm³/mol. The Morgan fingerprint density at radius 3 is 2.50 bits per heavy atom. The van der Waals surface area contributed by atoms with Crippen molar-refractivity contribution in [2.45, 2.75) is 46.0 Å². The largest absolute Gasteiger partial charge is 0.293 e. The van der Waals surface area contributed by atoms with Gasteiger partial charge in [0.25, 0.3) is 0 Å². The number of ketones is 1.